The summed E-state index contributed by atoms with van der Waals surface area (Å²) in [6.45, 7) is 8.73. The van der Waals surface area contributed by atoms with E-state index in [4.69, 9.17) is 0 Å². The zero-order valence-electron chi connectivity index (χ0n) is 12.0. The molecule has 0 aliphatic heterocycles. The van der Waals surface area contributed by atoms with Gasteiger partial charge in [-0.3, -0.25) is 0 Å². The van der Waals surface area contributed by atoms with Gasteiger partial charge in [-0.25, -0.2) is 0 Å². The van der Waals surface area contributed by atoms with Crippen LogP contribution in [0.2, 0.25) is 0 Å². The van der Waals surface area contributed by atoms with E-state index in [0.29, 0.717) is 5.25 Å². The lowest BCUT2D eigenvalue weighted by atomic mass is 9.97. The van der Waals surface area contributed by atoms with E-state index >= 15 is 0 Å². The lowest BCUT2D eigenvalue weighted by Gasteiger charge is -2.13. The fourth-order valence-electron chi connectivity index (χ4n) is 1.48. The van der Waals surface area contributed by atoms with Gasteiger partial charge in [0.05, 0.1) is 5.25 Å². The monoisotopic (exact) mass is 260 g/mol. The Balaban J connectivity index is 2.78. The predicted molar refractivity (Wildman–Crippen MR) is 83.8 cm³/mol. The minimum absolute atomic E-state index is 0.0817. The van der Waals surface area contributed by atoms with Gasteiger partial charge >= 0.3 is 0 Å². The van der Waals surface area contributed by atoms with Gasteiger partial charge < -0.3 is 0 Å². The summed E-state index contributed by atoms with van der Waals surface area (Å²) < 4.78 is 0. The highest BCUT2D eigenvalue weighted by Gasteiger charge is 2.10. The highest BCUT2D eigenvalue weighted by atomic mass is 32.2. The van der Waals surface area contributed by atoms with Crippen LogP contribution in [0.5, 0.6) is 0 Å². The normalized spacial score (nSPS) is 12.7. The van der Waals surface area contributed by atoms with Gasteiger partial charge in [0, 0.05) is 5.41 Å². The molecule has 0 aliphatic rings. The van der Waals surface area contributed by atoms with Crippen LogP contribution in [0, 0.1) is 17.3 Å². The zero-order valence-corrected chi connectivity index (χ0v) is 12.8. The second kappa shape index (κ2) is 7.54. The van der Waals surface area contributed by atoms with Crippen molar-refractivity contribution in [1.29, 1.82) is 0 Å². The molecule has 0 saturated heterocycles. The zero-order chi connectivity index (χ0) is 13.4. The minimum atomic E-state index is 0.0817. The molecule has 1 aromatic carbocycles. The Morgan fingerprint density at radius 3 is 2.39 bits per heavy atom. The molecular weight excluding hydrogens is 236 g/mol. The Morgan fingerprint density at radius 1 is 1.17 bits per heavy atom. The van der Waals surface area contributed by atoms with Crippen molar-refractivity contribution in [3.05, 3.63) is 35.9 Å². The Morgan fingerprint density at radius 2 is 1.83 bits per heavy atom. The number of hydrogen-bond donors (Lipinski definition) is 0. The number of benzene rings is 1. The van der Waals surface area contributed by atoms with Crippen LogP contribution in [0.25, 0.3) is 0 Å². The third-order valence-electron chi connectivity index (χ3n) is 2.46. The summed E-state index contributed by atoms with van der Waals surface area (Å²) in [5.41, 5.74) is 1.41. The molecule has 0 amide bonds. The van der Waals surface area contributed by atoms with E-state index < -0.39 is 0 Å². The molecule has 0 spiro atoms. The van der Waals surface area contributed by atoms with Crippen molar-refractivity contribution in [2.24, 2.45) is 5.41 Å². The molecule has 1 atom stereocenters. The molecular formula is C17H24S. The van der Waals surface area contributed by atoms with Gasteiger partial charge in [-0.05, 0) is 38.5 Å². The van der Waals surface area contributed by atoms with Gasteiger partial charge in [-0.2, -0.15) is 0 Å². The molecule has 0 saturated carbocycles. The molecule has 1 aromatic rings. The molecule has 1 rings (SSSR count). The second-order valence-corrected chi connectivity index (χ2v) is 6.75. The van der Waals surface area contributed by atoms with Crippen LogP contribution in [0.15, 0.2) is 30.3 Å². The standard InChI is InChI=1S/C17H24S/c1-5-6-14-18-16(12-13-17(2,3)4)15-10-8-7-9-11-15/h7-11,16H,5-6,14H2,1-4H3. The quantitative estimate of drug-likeness (QED) is 0.510. The van der Waals surface area contributed by atoms with Gasteiger partial charge in [0.25, 0.3) is 0 Å². The van der Waals surface area contributed by atoms with Crippen molar-refractivity contribution in [2.75, 3.05) is 5.75 Å². The first-order valence-corrected chi connectivity index (χ1v) is 7.77. The number of hydrogen-bond acceptors (Lipinski definition) is 1. The summed E-state index contributed by atoms with van der Waals surface area (Å²) in [4.78, 5) is 0. The van der Waals surface area contributed by atoms with Crippen LogP contribution in [-0.4, -0.2) is 5.75 Å². The molecule has 0 fully saturated rings. The maximum atomic E-state index is 3.45. The Kier molecular flexibility index (Phi) is 6.36. The number of unbranched alkanes of at least 4 members (excludes halogenated alkanes) is 1. The largest absolute Gasteiger partial charge is 0.141 e. The van der Waals surface area contributed by atoms with E-state index in [-0.39, 0.29) is 5.41 Å². The van der Waals surface area contributed by atoms with Crippen LogP contribution >= 0.6 is 11.8 Å². The molecule has 0 aromatic heterocycles. The first-order valence-electron chi connectivity index (χ1n) is 6.72. The maximum absolute atomic E-state index is 3.45. The first-order chi connectivity index (χ1) is 8.53. The highest BCUT2D eigenvalue weighted by molar-refractivity contribution is 7.99. The predicted octanol–water partition coefficient (Wildman–Crippen LogP) is 5.31. The second-order valence-electron chi connectivity index (χ2n) is 5.53. The van der Waals surface area contributed by atoms with E-state index in [2.05, 4.69) is 69.9 Å². The SMILES string of the molecule is CCCCSC(C#CC(C)(C)C)c1ccccc1. The van der Waals surface area contributed by atoms with E-state index in [0.717, 1.165) is 0 Å². The van der Waals surface area contributed by atoms with Gasteiger partial charge in [-0.15, -0.1) is 11.8 Å². The average molecular weight is 260 g/mol. The van der Waals surface area contributed by atoms with Gasteiger partial charge in [0.2, 0.25) is 0 Å². The maximum Gasteiger partial charge on any atom is 0.0906 e. The summed E-state index contributed by atoms with van der Waals surface area (Å²) in [7, 11) is 0. The molecule has 0 bridgehead atoms. The summed E-state index contributed by atoms with van der Waals surface area (Å²) in [6.07, 6.45) is 2.52. The number of rotatable bonds is 5. The molecule has 1 heteroatoms. The van der Waals surface area contributed by atoms with E-state index in [1.54, 1.807) is 0 Å². The van der Waals surface area contributed by atoms with Crippen LogP contribution in [0.1, 0.15) is 51.3 Å². The summed E-state index contributed by atoms with van der Waals surface area (Å²) in [5.74, 6) is 8.01. The fourth-order valence-corrected chi connectivity index (χ4v) is 2.66. The van der Waals surface area contributed by atoms with Crippen LogP contribution < -0.4 is 0 Å². The number of thioether (sulfide) groups is 1. The summed E-state index contributed by atoms with van der Waals surface area (Å²) >= 11 is 1.97. The van der Waals surface area contributed by atoms with Crippen LogP contribution in [0.3, 0.4) is 0 Å². The molecule has 0 radical (unpaired) electrons. The van der Waals surface area contributed by atoms with E-state index in [1.165, 1.54) is 24.2 Å². The summed E-state index contributed by atoms with van der Waals surface area (Å²) in [5, 5.41) is 0.317. The molecule has 0 aliphatic carbocycles. The lowest BCUT2D eigenvalue weighted by molar-refractivity contribution is 0.570. The third kappa shape index (κ3) is 6.17. The Hall–Kier alpha value is -0.870. The topological polar surface area (TPSA) is 0 Å². The van der Waals surface area contributed by atoms with Crippen molar-refractivity contribution in [3.8, 4) is 11.8 Å². The van der Waals surface area contributed by atoms with E-state index in [1.807, 2.05) is 11.8 Å². The fraction of sp³-hybridized carbons (Fsp3) is 0.529. The van der Waals surface area contributed by atoms with Crippen molar-refractivity contribution < 1.29 is 0 Å². The molecule has 1 unspecified atom stereocenters. The lowest BCUT2D eigenvalue weighted by Crippen LogP contribution is -2.01. The minimum Gasteiger partial charge on any atom is -0.141 e. The Bertz CT molecular complexity index is 389. The molecule has 0 heterocycles. The first kappa shape index (κ1) is 15.2. The van der Waals surface area contributed by atoms with Crippen LogP contribution in [-0.2, 0) is 0 Å². The van der Waals surface area contributed by atoms with Crippen molar-refractivity contribution in [1.82, 2.24) is 0 Å². The van der Waals surface area contributed by atoms with E-state index in [9.17, 15) is 0 Å². The summed E-state index contributed by atoms with van der Waals surface area (Å²) in [6, 6.07) is 10.6. The van der Waals surface area contributed by atoms with Crippen molar-refractivity contribution in [3.63, 3.8) is 0 Å². The van der Waals surface area contributed by atoms with Gasteiger partial charge in [0.15, 0.2) is 0 Å². The van der Waals surface area contributed by atoms with Gasteiger partial charge in [-0.1, -0.05) is 55.5 Å². The third-order valence-corrected chi connectivity index (χ3v) is 3.71. The van der Waals surface area contributed by atoms with Crippen molar-refractivity contribution >= 4 is 11.8 Å². The molecule has 0 nitrogen and oxygen atoms in total. The molecule has 0 N–H and O–H groups in total. The Labute approximate surface area is 117 Å². The molecule has 18 heavy (non-hydrogen) atoms. The van der Waals surface area contributed by atoms with Gasteiger partial charge in [0.1, 0.15) is 0 Å². The highest BCUT2D eigenvalue weighted by Crippen LogP contribution is 2.29. The van der Waals surface area contributed by atoms with Crippen LogP contribution in [0.4, 0.5) is 0 Å². The smallest absolute Gasteiger partial charge is 0.0906 e. The molecule has 98 valence electrons. The average Bonchev–Trinajstić information content (AvgIpc) is 2.33. The van der Waals surface area contributed by atoms with Crippen molar-refractivity contribution in [2.45, 2.75) is 45.8 Å².